The zero-order chi connectivity index (χ0) is 11.8. The SMILES string of the molecule is C=CC(CCN)CCCC1CCC(C)CC1. The molecule has 1 nitrogen and oxygen atoms in total. The fourth-order valence-corrected chi connectivity index (χ4v) is 2.88. The summed E-state index contributed by atoms with van der Waals surface area (Å²) < 4.78 is 0. The number of hydrogen-bond acceptors (Lipinski definition) is 1. The van der Waals surface area contributed by atoms with Crippen molar-refractivity contribution in [2.75, 3.05) is 6.54 Å². The third-order valence-corrected chi connectivity index (χ3v) is 4.19. The third kappa shape index (κ3) is 5.16. The molecular formula is C15H29N. The number of hydrogen-bond donors (Lipinski definition) is 1. The minimum Gasteiger partial charge on any atom is -0.330 e. The van der Waals surface area contributed by atoms with Gasteiger partial charge in [-0.1, -0.05) is 51.5 Å². The standard InChI is InChI=1S/C15H29N/c1-3-14(11-12-16)5-4-6-15-9-7-13(2)8-10-15/h3,13-15H,1,4-12,16H2,2H3. The molecule has 2 N–H and O–H groups in total. The molecule has 0 aromatic heterocycles. The Bertz CT molecular complexity index is 180. The van der Waals surface area contributed by atoms with E-state index in [9.17, 15) is 0 Å². The molecule has 1 heteroatoms. The van der Waals surface area contributed by atoms with E-state index in [1.165, 1.54) is 44.9 Å². The van der Waals surface area contributed by atoms with Crippen molar-refractivity contribution in [1.29, 1.82) is 0 Å². The van der Waals surface area contributed by atoms with Crippen LogP contribution in [0, 0.1) is 17.8 Å². The van der Waals surface area contributed by atoms with Crippen LogP contribution in [0.5, 0.6) is 0 Å². The van der Waals surface area contributed by atoms with E-state index in [1.807, 2.05) is 0 Å². The lowest BCUT2D eigenvalue weighted by molar-refractivity contribution is 0.269. The van der Waals surface area contributed by atoms with Crippen molar-refractivity contribution < 1.29 is 0 Å². The van der Waals surface area contributed by atoms with E-state index in [2.05, 4.69) is 19.6 Å². The van der Waals surface area contributed by atoms with E-state index in [4.69, 9.17) is 5.73 Å². The molecule has 0 amide bonds. The number of rotatable bonds is 7. The molecule has 1 aliphatic rings. The van der Waals surface area contributed by atoms with Crippen molar-refractivity contribution in [3.05, 3.63) is 12.7 Å². The lowest BCUT2D eigenvalue weighted by Gasteiger charge is -2.26. The molecule has 1 rings (SSSR count). The second-order valence-electron chi connectivity index (χ2n) is 5.63. The molecule has 0 radical (unpaired) electrons. The summed E-state index contributed by atoms with van der Waals surface area (Å²) in [5, 5.41) is 0. The first-order chi connectivity index (χ1) is 7.76. The van der Waals surface area contributed by atoms with Gasteiger partial charge in [0.2, 0.25) is 0 Å². The normalized spacial score (nSPS) is 27.6. The van der Waals surface area contributed by atoms with Gasteiger partial charge in [-0.25, -0.2) is 0 Å². The minimum absolute atomic E-state index is 0.660. The van der Waals surface area contributed by atoms with Gasteiger partial charge in [0.1, 0.15) is 0 Å². The van der Waals surface area contributed by atoms with E-state index < -0.39 is 0 Å². The molecule has 0 heterocycles. The second-order valence-corrected chi connectivity index (χ2v) is 5.63. The zero-order valence-electron chi connectivity index (χ0n) is 11.0. The summed E-state index contributed by atoms with van der Waals surface area (Å²) >= 11 is 0. The Balaban J connectivity index is 2.07. The molecule has 1 atom stereocenters. The first-order valence-corrected chi connectivity index (χ1v) is 7.08. The monoisotopic (exact) mass is 223 g/mol. The molecule has 0 aliphatic heterocycles. The predicted octanol–water partition coefficient (Wildman–Crippen LogP) is 4.13. The highest BCUT2D eigenvalue weighted by Crippen LogP contribution is 2.31. The van der Waals surface area contributed by atoms with Crippen LogP contribution in [-0.2, 0) is 0 Å². The van der Waals surface area contributed by atoms with Gasteiger partial charge in [0.05, 0.1) is 0 Å². The Hall–Kier alpha value is -0.300. The maximum atomic E-state index is 5.59. The van der Waals surface area contributed by atoms with Crippen molar-refractivity contribution >= 4 is 0 Å². The molecule has 1 fully saturated rings. The smallest absolute Gasteiger partial charge is 0.00717 e. The van der Waals surface area contributed by atoms with E-state index >= 15 is 0 Å². The van der Waals surface area contributed by atoms with Gasteiger partial charge in [-0.3, -0.25) is 0 Å². The summed E-state index contributed by atoms with van der Waals surface area (Å²) in [6.45, 7) is 7.10. The van der Waals surface area contributed by atoms with Crippen LogP contribution in [0.25, 0.3) is 0 Å². The molecule has 0 aromatic rings. The summed E-state index contributed by atoms with van der Waals surface area (Å²) in [7, 11) is 0. The highest BCUT2D eigenvalue weighted by atomic mass is 14.5. The van der Waals surface area contributed by atoms with E-state index in [0.29, 0.717) is 5.92 Å². The molecule has 1 unspecified atom stereocenters. The highest BCUT2D eigenvalue weighted by Gasteiger charge is 2.17. The lowest BCUT2D eigenvalue weighted by atomic mass is 9.80. The lowest BCUT2D eigenvalue weighted by Crippen LogP contribution is -2.13. The zero-order valence-corrected chi connectivity index (χ0v) is 11.0. The van der Waals surface area contributed by atoms with Gasteiger partial charge in [0.15, 0.2) is 0 Å². The van der Waals surface area contributed by atoms with Gasteiger partial charge < -0.3 is 5.73 Å². The van der Waals surface area contributed by atoms with Crippen molar-refractivity contribution in [2.45, 2.75) is 58.3 Å². The quantitative estimate of drug-likeness (QED) is 0.645. The van der Waals surface area contributed by atoms with Crippen LogP contribution in [0.1, 0.15) is 58.3 Å². The van der Waals surface area contributed by atoms with Gasteiger partial charge in [0, 0.05) is 0 Å². The molecule has 0 bridgehead atoms. The van der Waals surface area contributed by atoms with Gasteiger partial charge >= 0.3 is 0 Å². The van der Waals surface area contributed by atoms with Crippen LogP contribution in [0.15, 0.2) is 12.7 Å². The van der Waals surface area contributed by atoms with E-state index in [0.717, 1.165) is 24.8 Å². The fraction of sp³-hybridized carbons (Fsp3) is 0.867. The molecule has 0 aromatic carbocycles. The van der Waals surface area contributed by atoms with Crippen LogP contribution < -0.4 is 5.73 Å². The van der Waals surface area contributed by atoms with Gasteiger partial charge in [-0.05, 0) is 37.1 Å². The van der Waals surface area contributed by atoms with Crippen LogP contribution in [-0.4, -0.2) is 6.54 Å². The maximum absolute atomic E-state index is 5.59. The summed E-state index contributed by atoms with van der Waals surface area (Å²) in [6, 6.07) is 0. The van der Waals surface area contributed by atoms with Crippen LogP contribution in [0.3, 0.4) is 0 Å². The first-order valence-electron chi connectivity index (χ1n) is 7.08. The third-order valence-electron chi connectivity index (χ3n) is 4.19. The van der Waals surface area contributed by atoms with Crippen molar-refractivity contribution in [3.8, 4) is 0 Å². The molecule has 94 valence electrons. The average molecular weight is 223 g/mol. The van der Waals surface area contributed by atoms with Gasteiger partial charge in [-0.2, -0.15) is 0 Å². The molecule has 16 heavy (non-hydrogen) atoms. The van der Waals surface area contributed by atoms with Crippen LogP contribution >= 0.6 is 0 Å². The Labute approximate surface area is 101 Å². The van der Waals surface area contributed by atoms with Crippen LogP contribution in [0.4, 0.5) is 0 Å². The van der Waals surface area contributed by atoms with Gasteiger partial charge in [0.25, 0.3) is 0 Å². The predicted molar refractivity (Wildman–Crippen MR) is 72.3 cm³/mol. The second kappa shape index (κ2) is 7.89. The molecule has 0 saturated heterocycles. The Morgan fingerprint density at radius 1 is 1.25 bits per heavy atom. The Kier molecular flexibility index (Phi) is 6.79. The topological polar surface area (TPSA) is 26.0 Å². The Morgan fingerprint density at radius 2 is 1.94 bits per heavy atom. The van der Waals surface area contributed by atoms with Gasteiger partial charge in [-0.15, -0.1) is 6.58 Å². The molecule has 0 spiro atoms. The largest absolute Gasteiger partial charge is 0.330 e. The van der Waals surface area contributed by atoms with Crippen molar-refractivity contribution in [3.63, 3.8) is 0 Å². The molecule has 1 saturated carbocycles. The molecular weight excluding hydrogens is 194 g/mol. The number of nitrogens with two attached hydrogens (primary N) is 1. The summed E-state index contributed by atoms with van der Waals surface area (Å²) in [5.41, 5.74) is 5.59. The summed E-state index contributed by atoms with van der Waals surface area (Å²) in [5.74, 6) is 2.65. The summed E-state index contributed by atoms with van der Waals surface area (Å²) in [4.78, 5) is 0. The van der Waals surface area contributed by atoms with E-state index in [-0.39, 0.29) is 0 Å². The van der Waals surface area contributed by atoms with Crippen molar-refractivity contribution in [1.82, 2.24) is 0 Å². The highest BCUT2D eigenvalue weighted by molar-refractivity contribution is 4.79. The average Bonchev–Trinajstić information content (AvgIpc) is 2.30. The van der Waals surface area contributed by atoms with Crippen molar-refractivity contribution in [2.24, 2.45) is 23.5 Å². The Morgan fingerprint density at radius 3 is 2.50 bits per heavy atom. The molecule has 1 aliphatic carbocycles. The minimum atomic E-state index is 0.660. The summed E-state index contributed by atoms with van der Waals surface area (Å²) in [6.07, 6.45) is 13.2. The maximum Gasteiger partial charge on any atom is -0.00717 e. The fourth-order valence-electron chi connectivity index (χ4n) is 2.88. The number of allylic oxidation sites excluding steroid dienone is 1. The first kappa shape index (κ1) is 13.8. The van der Waals surface area contributed by atoms with E-state index in [1.54, 1.807) is 0 Å². The van der Waals surface area contributed by atoms with Crippen LogP contribution in [0.2, 0.25) is 0 Å².